The average Bonchev–Trinajstić information content (AvgIpc) is 2.37. The highest BCUT2D eigenvalue weighted by atomic mass is 14.6. The summed E-state index contributed by atoms with van der Waals surface area (Å²) in [5.41, 5.74) is 2.81. The summed E-state index contributed by atoms with van der Waals surface area (Å²) in [6.07, 6.45) is 14.7. The third kappa shape index (κ3) is 2.11. The summed E-state index contributed by atoms with van der Waals surface area (Å²) in [4.78, 5) is 0. The zero-order chi connectivity index (χ0) is 14.5. The molecular formula is C20H32. The molecule has 0 nitrogen and oxygen atoms in total. The van der Waals surface area contributed by atoms with Gasteiger partial charge in [0.25, 0.3) is 0 Å². The quantitative estimate of drug-likeness (QED) is 0.514. The van der Waals surface area contributed by atoms with E-state index in [4.69, 9.17) is 0 Å². The van der Waals surface area contributed by atoms with Crippen LogP contribution in [0.1, 0.15) is 66.7 Å². The molecule has 20 heavy (non-hydrogen) atoms. The summed E-state index contributed by atoms with van der Waals surface area (Å²) in [7, 11) is 0. The second-order valence-electron chi connectivity index (χ2n) is 8.89. The Kier molecular flexibility index (Phi) is 3.42. The van der Waals surface area contributed by atoms with E-state index in [-0.39, 0.29) is 0 Å². The predicted molar refractivity (Wildman–Crippen MR) is 87.5 cm³/mol. The van der Waals surface area contributed by atoms with Crippen molar-refractivity contribution in [2.75, 3.05) is 0 Å². The lowest BCUT2D eigenvalue weighted by atomic mass is 9.47. The van der Waals surface area contributed by atoms with Gasteiger partial charge in [-0.15, -0.1) is 0 Å². The molecule has 0 bridgehead atoms. The molecule has 0 aromatic heterocycles. The van der Waals surface area contributed by atoms with Gasteiger partial charge in [-0.1, -0.05) is 64.8 Å². The zero-order valence-corrected chi connectivity index (χ0v) is 14.1. The summed E-state index contributed by atoms with van der Waals surface area (Å²) in [5.74, 6) is 3.16. The first-order chi connectivity index (χ1) is 9.34. The van der Waals surface area contributed by atoms with Crippen molar-refractivity contribution in [1.29, 1.82) is 0 Å². The van der Waals surface area contributed by atoms with Gasteiger partial charge in [0, 0.05) is 5.92 Å². The van der Waals surface area contributed by atoms with Gasteiger partial charge in [-0.05, 0) is 54.3 Å². The molecule has 0 aromatic carbocycles. The second kappa shape index (κ2) is 4.75. The minimum atomic E-state index is 0.518. The first-order valence-electron chi connectivity index (χ1n) is 8.72. The molecule has 3 unspecified atom stereocenters. The number of rotatable bonds is 1. The highest BCUT2D eigenvalue weighted by Crippen LogP contribution is 2.61. The van der Waals surface area contributed by atoms with Crippen molar-refractivity contribution in [3.05, 3.63) is 23.8 Å². The maximum Gasteiger partial charge on any atom is 0.00339 e. The maximum atomic E-state index is 2.63. The Morgan fingerprint density at radius 3 is 2.55 bits per heavy atom. The van der Waals surface area contributed by atoms with Gasteiger partial charge in [0.2, 0.25) is 0 Å². The molecule has 0 spiro atoms. The van der Waals surface area contributed by atoms with Crippen LogP contribution >= 0.6 is 0 Å². The van der Waals surface area contributed by atoms with E-state index in [2.05, 4.69) is 52.8 Å². The highest BCUT2D eigenvalue weighted by Gasteiger charge is 2.52. The molecule has 0 N–H and O–H groups in total. The fourth-order valence-corrected chi connectivity index (χ4v) is 5.55. The lowest BCUT2D eigenvalue weighted by Crippen LogP contribution is -2.48. The van der Waals surface area contributed by atoms with Gasteiger partial charge < -0.3 is 0 Å². The molecule has 1 saturated carbocycles. The van der Waals surface area contributed by atoms with Crippen LogP contribution in [0.4, 0.5) is 0 Å². The Hall–Kier alpha value is -0.520. The van der Waals surface area contributed by atoms with Crippen molar-refractivity contribution < 1.29 is 0 Å². The van der Waals surface area contributed by atoms with Crippen LogP contribution in [0.2, 0.25) is 0 Å². The second-order valence-corrected chi connectivity index (χ2v) is 8.89. The SMILES string of the molecule is CC(C)C1C=CC2C(=CCC3C(C)(C)CCC[C@]23C)C1. The van der Waals surface area contributed by atoms with E-state index in [1.165, 1.54) is 32.1 Å². The highest BCUT2D eigenvalue weighted by molar-refractivity contribution is 5.29. The predicted octanol–water partition coefficient (Wildman–Crippen LogP) is 6.00. The molecule has 3 aliphatic rings. The lowest BCUT2D eigenvalue weighted by Gasteiger charge is -2.57. The van der Waals surface area contributed by atoms with Crippen LogP contribution in [-0.2, 0) is 0 Å². The van der Waals surface area contributed by atoms with Crippen molar-refractivity contribution in [1.82, 2.24) is 0 Å². The Balaban J connectivity index is 1.94. The number of hydrogen-bond donors (Lipinski definition) is 0. The summed E-state index contributed by atoms with van der Waals surface area (Å²) < 4.78 is 0. The number of allylic oxidation sites excluding steroid dienone is 4. The Morgan fingerprint density at radius 2 is 1.85 bits per heavy atom. The van der Waals surface area contributed by atoms with E-state index < -0.39 is 0 Å². The van der Waals surface area contributed by atoms with Gasteiger partial charge in [0.05, 0.1) is 0 Å². The van der Waals surface area contributed by atoms with Gasteiger partial charge >= 0.3 is 0 Å². The van der Waals surface area contributed by atoms with E-state index >= 15 is 0 Å². The average molecular weight is 272 g/mol. The van der Waals surface area contributed by atoms with Gasteiger partial charge in [0.1, 0.15) is 0 Å². The van der Waals surface area contributed by atoms with Crippen LogP contribution < -0.4 is 0 Å². The van der Waals surface area contributed by atoms with Crippen LogP contribution in [0.3, 0.4) is 0 Å². The summed E-state index contributed by atoms with van der Waals surface area (Å²) >= 11 is 0. The van der Waals surface area contributed by atoms with E-state index in [1.54, 1.807) is 5.57 Å². The molecule has 4 atom stereocenters. The fourth-order valence-electron chi connectivity index (χ4n) is 5.55. The molecule has 3 rings (SSSR count). The van der Waals surface area contributed by atoms with Crippen LogP contribution in [0.5, 0.6) is 0 Å². The van der Waals surface area contributed by atoms with E-state index in [0.29, 0.717) is 10.8 Å². The number of fused-ring (bicyclic) bond motifs is 3. The molecule has 0 heteroatoms. The number of hydrogen-bond acceptors (Lipinski definition) is 0. The van der Waals surface area contributed by atoms with Gasteiger partial charge in [-0.3, -0.25) is 0 Å². The fraction of sp³-hybridized carbons (Fsp3) is 0.800. The molecule has 3 aliphatic carbocycles. The third-order valence-electron chi connectivity index (χ3n) is 6.88. The third-order valence-corrected chi connectivity index (χ3v) is 6.88. The summed E-state index contributed by atoms with van der Waals surface area (Å²) in [6.45, 7) is 12.4. The molecule has 0 radical (unpaired) electrons. The van der Waals surface area contributed by atoms with Crippen LogP contribution in [-0.4, -0.2) is 0 Å². The minimum Gasteiger partial charge on any atom is -0.0844 e. The topological polar surface area (TPSA) is 0 Å². The van der Waals surface area contributed by atoms with Gasteiger partial charge in [-0.25, -0.2) is 0 Å². The summed E-state index contributed by atoms with van der Waals surface area (Å²) in [6, 6.07) is 0. The van der Waals surface area contributed by atoms with Crippen molar-refractivity contribution in [3.63, 3.8) is 0 Å². The lowest BCUT2D eigenvalue weighted by molar-refractivity contribution is -0.0270. The smallest absolute Gasteiger partial charge is 0.00339 e. The van der Waals surface area contributed by atoms with Crippen molar-refractivity contribution >= 4 is 0 Å². The van der Waals surface area contributed by atoms with Crippen molar-refractivity contribution in [2.45, 2.75) is 66.7 Å². The van der Waals surface area contributed by atoms with E-state index in [1.807, 2.05) is 0 Å². The van der Waals surface area contributed by atoms with Gasteiger partial charge in [-0.2, -0.15) is 0 Å². The Labute approximate surface area is 125 Å². The molecule has 0 saturated heterocycles. The minimum absolute atomic E-state index is 0.518. The van der Waals surface area contributed by atoms with Crippen LogP contribution in [0.15, 0.2) is 23.8 Å². The molecule has 112 valence electrons. The van der Waals surface area contributed by atoms with Gasteiger partial charge in [0.15, 0.2) is 0 Å². The molecular weight excluding hydrogens is 240 g/mol. The first kappa shape index (κ1) is 14.4. The van der Waals surface area contributed by atoms with Crippen molar-refractivity contribution in [3.8, 4) is 0 Å². The molecule has 0 heterocycles. The maximum absolute atomic E-state index is 2.63. The Bertz CT molecular complexity index is 437. The first-order valence-corrected chi connectivity index (χ1v) is 8.72. The largest absolute Gasteiger partial charge is 0.0844 e. The van der Waals surface area contributed by atoms with Crippen molar-refractivity contribution in [2.24, 2.45) is 34.5 Å². The monoisotopic (exact) mass is 272 g/mol. The zero-order valence-electron chi connectivity index (χ0n) is 14.1. The van der Waals surface area contributed by atoms with E-state index in [0.717, 1.165) is 23.7 Å². The molecule has 0 aromatic rings. The molecule has 0 amide bonds. The van der Waals surface area contributed by atoms with Crippen LogP contribution in [0, 0.1) is 34.5 Å². The molecule has 0 aliphatic heterocycles. The summed E-state index contributed by atoms with van der Waals surface area (Å²) in [5, 5.41) is 0. The van der Waals surface area contributed by atoms with E-state index in [9.17, 15) is 0 Å². The standard InChI is InChI=1S/C20H32/c1-14(2)15-7-9-17-16(13-15)8-10-18-19(3,4)11-6-12-20(17,18)5/h7-9,14-15,17-18H,6,10-13H2,1-5H3/t15?,17?,18?,20-/m1/s1. The Morgan fingerprint density at radius 1 is 1.10 bits per heavy atom. The normalized spacial score (nSPS) is 42.9. The molecule has 1 fully saturated rings. The van der Waals surface area contributed by atoms with Crippen LogP contribution in [0.25, 0.3) is 0 Å².